The van der Waals surface area contributed by atoms with Gasteiger partial charge in [0.15, 0.2) is 0 Å². The van der Waals surface area contributed by atoms with E-state index in [0.717, 1.165) is 10.9 Å². The molecular formula is C23H20N4O3S. The molecule has 1 fully saturated rings. The van der Waals surface area contributed by atoms with Gasteiger partial charge in [-0.25, -0.2) is 4.98 Å². The molecule has 31 heavy (non-hydrogen) atoms. The zero-order valence-electron chi connectivity index (χ0n) is 16.6. The van der Waals surface area contributed by atoms with Gasteiger partial charge < -0.3 is 14.9 Å². The number of nitrogens with zero attached hydrogens (tertiary/aromatic N) is 2. The van der Waals surface area contributed by atoms with Crippen molar-refractivity contribution in [1.29, 1.82) is 0 Å². The molecule has 4 heterocycles. The van der Waals surface area contributed by atoms with Crippen LogP contribution in [0.25, 0.3) is 22.0 Å². The van der Waals surface area contributed by atoms with Crippen molar-refractivity contribution >= 4 is 28.0 Å². The molecule has 7 nitrogen and oxygen atoms in total. The summed E-state index contributed by atoms with van der Waals surface area (Å²) in [5.74, 6) is 0.556. The van der Waals surface area contributed by atoms with Crippen molar-refractivity contribution in [3.63, 3.8) is 0 Å². The summed E-state index contributed by atoms with van der Waals surface area (Å²) in [6.07, 6.45) is 1.39. The number of H-pyrrole nitrogens is 2. The summed E-state index contributed by atoms with van der Waals surface area (Å²) < 4.78 is 0. The highest BCUT2D eigenvalue weighted by molar-refractivity contribution is 7.08. The fraction of sp³-hybridized carbons (Fsp3) is 0.217. The van der Waals surface area contributed by atoms with Crippen molar-refractivity contribution in [3.8, 4) is 11.3 Å². The molecule has 156 valence electrons. The van der Waals surface area contributed by atoms with Crippen LogP contribution in [0.15, 0.2) is 62.8 Å². The maximum absolute atomic E-state index is 13.0. The highest BCUT2D eigenvalue weighted by Crippen LogP contribution is 2.27. The molecule has 0 spiro atoms. The smallest absolute Gasteiger partial charge is 0.270 e. The Hall–Kier alpha value is -3.52. The minimum atomic E-state index is -0.261. The Morgan fingerprint density at radius 1 is 1.06 bits per heavy atom. The van der Waals surface area contributed by atoms with Crippen molar-refractivity contribution in [1.82, 2.24) is 19.9 Å². The Morgan fingerprint density at radius 2 is 1.87 bits per heavy atom. The molecular weight excluding hydrogens is 412 g/mol. The zero-order valence-corrected chi connectivity index (χ0v) is 17.4. The first-order valence-corrected chi connectivity index (χ1v) is 11.1. The van der Waals surface area contributed by atoms with Crippen LogP contribution >= 0.6 is 11.3 Å². The van der Waals surface area contributed by atoms with Crippen LogP contribution in [0.4, 0.5) is 0 Å². The summed E-state index contributed by atoms with van der Waals surface area (Å²) in [6.45, 7) is 1.06. The molecule has 1 amide bonds. The number of thiophene rings is 1. The van der Waals surface area contributed by atoms with Gasteiger partial charge in [0.2, 0.25) is 0 Å². The number of pyridine rings is 1. The van der Waals surface area contributed by atoms with E-state index in [-0.39, 0.29) is 22.9 Å². The minimum absolute atomic E-state index is 0.0750. The van der Waals surface area contributed by atoms with Crippen molar-refractivity contribution in [3.05, 3.63) is 85.5 Å². The number of likely N-dealkylation sites (tertiary alicyclic amines) is 1. The molecule has 5 rings (SSSR count). The van der Waals surface area contributed by atoms with Crippen molar-refractivity contribution < 1.29 is 4.79 Å². The predicted octanol–water partition coefficient (Wildman–Crippen LogP) is 3.36. The number of aromatic nitrogens is 3. The third-order valence-corrected chi connectivity index (χ3v) is 6.41. The minimum Gasteiger partial charge on any atom is -0.337 e. The molecule has 0 unspecified atom stereocenters. The molecule has 3 aromatic heterocycles. The fourth-order valence-electron chi connectivity index (χ4n) is 4.08. The lowest BCUT2D eigenvalue weighted by Gasteiger charge is -2.31. The average Bonchev–Trinajstić information content (AvgIpc) is 3.33. The van der Waals surface area contributed by atoms with Crippen molar-refractivity contribution in [2.45, 2.75) is 18.8 Å². The average molecular weight is 433 g/mol. The summed E-state index contributed by atoms with van der Waals surface area (Å²) in [6, 6.07) is 12.4. The molecule has 8 heteroatoms. The van der Waals surface area contributed by atoms with Gasteiger partial charge in [-0.05, 0) is 41.8 Å². The van der Waals surface area contributed by atoms with E-state index >= 15 is 0 Å². The predicted molar refractivity (Wildman–Crippen MR) is 121 cm³/mol. The van der Waals surface area contributed by atoms with E-state index < -0.39 is 0 Å². The Bertz CT molecular complexity index is 1370. The van der Waals surface area contributed by atoms with Crippen LogP contribution < -0.4 is 11.1 Å². The number of carbonyl (C=O) groups excluding carboxylic acids is 1. The van der Waals surface area contributed by atoms with Gasteiger partial charge >= 0.3 is 0 Å². The van der Waals surface area contributed by atoms with E-state index in [4.69, 9.17) is 0 Å². The molecule has 4 aromatic rings. The molecule has 0 bridgehead atoms. The molecule has 0 saturated carbocycles. The van der Waals surface area contributed by atoms with E-state index in [0.29, 0.717) is 48.5 Å². The number of fused-ring (bicyclic) bond motifs is 1. The Morgan fingerprint density at radius 3 is 2.65 bits per heavy atom. The van der Waals surface area contributed by atoms with Crippen LogP contribution in [0.2, 0.25) is 0 Å². The van der Waals surface area contributed by atoms with Gasteiger partial charge in [0.25, 0.3) is 17.0 Å². The molecule has 2 N–H and O–H groups in total. The summed E-state index contributed by atoms with van der Waals surface area (Å²) >= 11 is 1.56. The topological polar surface area (TPSA) is 98.9 Å². The Kier molecular flexibility index (Phi) is 4.99. The third-order valence-electron chi connectivity index (χ3n) is 5.73. The number of amides is 1. The molecule has 0 radical (unpaired) electrons. The molecule has 0 aliphatic carbocycles. The van der Waals surface area contributed by atoms with E-state index in [1.807, 2.05) is 29.0 Å². The largest absolute Gasteiger partial charge is 0.337 e. The summed E-state index contributed by atoms with van der Waals surface area (Å²) in [5, 5.41) is 5.24. The lowest BCUT2D eigenvalue weighted by Crippen LogP contribution is -2.39. The molecule has 1 saturated heterocycles. The van der Waals surface area contributed by atoms with E-state index in [1.54, 1.807) is 34.4 Å². The van der Waals surface area contributed by atoms with Crippen LogP contribution in [0.5, 0.6) is 0 Å². The van der Waals surface area contributed by atoms with Gasteiger partial charge in [0.05, 0.1) is 5.69 Å². The van der Waals surface area contributed by atoms with Crippen LogP contribution in [0.1, 0.15) is 35.1 Å². The number of hydrogen-bond acceptors (Lipinski definition) is 5. The third kappa shape index (κ3) is 3.82. The highest BCUT2D eigenvalue weighted by Gasteiger charge is 2.27. The number of hydrogen-bond donors (Lipinski definition) is 2. The molecule has 1 aliphatic rings. The maximum Gasteiger partial charge on any atom is 0.270 e. The van der Waals surface area contributed by atoms with Crippen LogP contribution in [-0.2, 0) is 0 Å². The molecule has 1 aromatic carbocycles. The second kappa shape index (κ2) is 7.96. The van der Waals surface area contributed by atoms with Crippen molar-refractivity contribution in [2.75, 3.05) is 13.1 Å². The van der Waals surface area contributed by atoms with Crippen LogP contribution in [-0.4, -0.2) is 38.8 Å². The zero-order chi connectivity index (χ0) is 21.4. The van der Waals surface area contributed by atoms with Gasteiger partial charge in [-0.15, -0.1) is 0 Å². The first kappa shape index (κ1) is 19.4. The number of benzene rings is 1. The normalized spacial score (nSPS) is 14.8. The first-order chi connectivity index (χ1) is 15.1. The summed E-state index contributed by atoms with van der Waals surface area (Å²) in [5.41, 5.74) is 1.48. The molecule has 0 atom stereocenters. The van der Waals surface area contributed by atoms with Gasteiger partial charge in [0.1, 0.15) is 11.5 Å². The van der Waals surface area contributed by atoms with Crippen molar-refractivity contribution in [2.24, 2.45) is 0 Å². The second-order valence-corrected chi connectivity index (χ2v) is 8.47. The number of carbonyl (C=O) groups is 1. The number of aromatic amines is 2. The van der Waals surface area contributed by atoms with Crippen LogP contribution in [0.3, 0.4) is 0 Å². The fourth-order valence-corrected chi connectivity index (χ4v) is 4.73. The quantitative estimate of drug-likeness (QED) is 0.519. The monoisotopic (exact) mass is 432 g/mol. The summed E-state index contributed by atoms with van der Waals surface area (Å²) in [7, 11) is 0. The standard InChI is InChI=1S/C23H20N4O3S/c28-20-12-18(16-7-10-31-13-16)24-21(26-20)14-5-8-27(9-6-14)23(30)19-11-15-3-1-2-4-17(15)22(29)25-19/h1-4,7,10-14H,5-6,8-9H2,(H,25,29)(H,24,26,28). The molecule has 1 aliphatic heterocycles. The van der Waals surface area contributed by atoms with Gasteiger partial charge in [-0.2, -0.15) is 11.3 Å². The number of rotatable bonds is 3. The van der Waals surface area contributed by atoms with Gasteiger partial charge in [-0.1, -0.05) is 18.2 Å². The Balaban J connectivity index is 1.33. The highest BCUT2D eigenvalue weighted by atomic mass is 32.1. The van der Waals surface area contributed by atoms with E-state index in [2.05, 4.69) is 15.0 Å². The lowest BCUT2D eigenvalue weighted by molar-refractivity contribution is 0.0705. The summed E-state index contributed by atoms with van der Waals surface area (Å²) in [4.78, 5) is 49.5. The second-order valence-electron chi connectivity index (χ2n) is 7.69. The number of piperidine rings is 1. The maximum atomic E-state index is 13.0. The number of nitrogens with one attached hydrogen (secondary N) is 2. The lowest BCUT2D eigenvalue weighted by atomic mass is 9.95. The first-order valence-electron chi connectivity index (χ1n) is 10.1. The van der Waals surface area contributed by atoms with Gasteiger partial charge in [-0.3, -0.25) is 14.4 Å². The Labute approximate surface area is 181 Å². The van der Waals surface area contributed by atoms with Gasteiger partial charge in [0, 0.05) is 41.4 Å². The van der Waals surface area contributed by atoms with E-state index in [9.17, 15) is 14.4 Å². The SMILES string of the molecule is O=C(c1cc2ccccc2c(=O)[nH]1)N1CCC(c2nc(-c3ccsc3)cc(=O)[nH]2)CC1. The van der Waals surface area contributed by atoms with Crippen LogP contribution in [0, 0.1) is 0 Å². The van der Waals surface area contributed by atoms with E-state index in [1.165, 1.54) is 6.07 Å².